The van der Waals surface area contributed by atoms with E-state index in [2.05, 4.69) is 66.2 Å². The van der Waals surface area contributed by atoms with Crippen LogP contribution in [0.15, 0.2) is 60.1 Å². The maximum Gasteiger partial charge on any atom is 0.174 e. The molecule has 0 atom stereocenters. The Balaban J connectivity index is 1.82. The van der Waals surface area contributed by atoms with E-state index < -0.39 is 0 Å². The predicted molar refractivity (Wildman–Crippen MR) is 96.4 cm³/mol. The first kappa shape index (κ1) is 15.6. The van der Waals surface area contributed by atoms with Crippen LogP contribution in [0.25, 0.3) is 5.82 Å². The van der Waals surface area contributed by atoms with Crippen molar-refractivity contribution in [2.45, 2.75) is 17.8 Å². The van der Waals surface area contributed by atoms with E-state index in [-0.39, 0.29) is 0 Å². The lowest BCUT2D eigenvalue weighted by Gasteiger charge is -2.17. The molecule has 0 fully saturated rings. The van der Waals surface area contributed by atoms with Gasteiger partial charge in [-0.25, -0.2) is 9.97 Å². The summed E-state index contributed by atoms with van der Waals surface area (Å²) in [4.78, 5) is 11.1. The van der Waals surface area contributed by atoms with E-state index in [4.69, 9.17) is 0 Å². The van der Waals surface area contributed by atoms with Crippen molar-refractivity contribution in [1.29, 1.82) is 0 Å². The van der Waals surface area contributed by atoms with Gasteiger partial charge in [0, 0.05) is 44.1 Å². The Morgan fingerprint density at radius 1 is 1.09 bits per heavy atom. The number of aryl methyl sites for hydroxylation is 1. The van der Waals surface area contributed by atoms with Gasteiger partial charge < -0.3 is 4.90 Å². The zero-order valence-corrected chi connectivity index (χ0v) is 14.4. The Hall–Kier alpha value is -2.27. The second kappa shape index (κ2) is 6.87. The summed E-state index contributed by atoms with van der Waals surface area (Å²) in [5, 5.41) is 0.955. The summed E-state index contributed by atoms with van der Waals surface area (Å²) < 4.78 is 2.04. The maximum atomic E-state index is 4.48. The Kier molecular flexibility index (Phi) is 4.67. The van der Waals surface area contributed by atoms with Crippen molar-refractivity contribution >= 4 is 17.4 Å². The van der Waals surface area contributed by atoms with Crippen molar-refractivity contribution in [3.8, 4) is 5.82 Å². The first-order valence-electron chi connectivity index (χ1n) is 7.49. The SMILES string of the molecule is Cc1ccnc(-n2ccnc2SCc2ccccc2N(C)C)c1. The molecular formula is C18H20N4S. The van der Waals surface area contributed by atoms with Crippen LogP contribution in [0.1, 0.15) is 11.1 Å². The molecule has 23 heavy (non-hydrogen) atoms. The molecule has 0 spiro atoms. The number of imidazole rings is 1. The molecule has 1 aromatic carbocycles. The van der Waals surface area contributed by atoms with Gasteiger partial charge in [-0.2, -0.15) is 0 Å². The number of aromatic nitrogens is 3. The van der Waals surface area contributed by atoms with Crippen molar-refractivity contribution in [2.24, 2.45) is 0 Å². The van der Waals surface area contributed by atoms with E-state index in [0.29, 0.717) is 0 Å². The molecule has 0 bridgehead atoms. The zero-order chi connectivity index (χ0) is 16.2. The normalized spacial score (nSPS) is 10.7. The zero-order valence-electron chi connectivity index (χ0n) is 13.6. The van der Waals surface area contributed by atoms with Gasteiger partial charge in [-0.15, -0.1) is 0 Å². The van der Waals surface area contributed by atoms with E-state index in [0.717, 1.165) is 16.7 Å². The monoisotopic (exact) mass is 324 g/mol. The fourth-order valence-corrected chi connectivity index (χ4v) is 3.39. The molecule has 0 amide bonds. The number of nitrogens with zero attached hydrogens (tertiary/aromatic N) is 4. The van der Waals surface area contributed by atoms with Gasteiger partial charge in [-0.1, -0.05) is 30.0 Å². The van der Waals surface area contributed by atoms with Gasteiger partial charge in [0.2, 0.25) is 0 Å². The molecule has 5 heteroatoms. The molecule has 0 saturated heterocycles. The minimum absolute atomic E-state index is 0.872. The minimum atomic E-state index is 0.872. The molecule has 0 unspecified atom stereocenters. The van der Waals surface area contributed by atoms with Crippen molar-refractivity contribution in [3.05, 3.63) is 66.1 Å². The van der Waals surface area contributed by atoms with Crippen molar-refractivity contribution in [3.63, 3.8) is 0 Å². The average Bonchev–Trinajstić information content (AvgIpc) is 3.01. The lowest BCUT2D eigenvalue weighted by Crippen LogP contribution is -2.10. The van der Waals surface area contributed by atoms with Crippen LogP contribution in [0.4, 0.5) is 5.69 Å². The Morgan fingerprint density at radius 2 is 1.91 bits per heavy atom. The summed E-state index contributed by atoms with van der Waals surface area (Å²) in [6, 6.07) is 12.5. The van der Waals surface area contributed by atoms with Crippen LogP contribution in [0.5, 0.6) is 0 Å². The van der Waals surface area contributed by atoms with Crippen LogP contribution in [-0.4, -0.2) is 28.6 Å². The van der Waals surface area contributed by atoms with E-state index in [9.17, 15) is 0 Å². The molecule has 0 aliphatic heterocycles. The summed E-state index contributed by atoms with van der Waals surface area (Å²) in [7, 11) is 4.14. The smallest absolute Gasteiger partial charge is 0.174 e. The number of rotatable bonds is 5. The largest absolute Gasteiger partial charge is 0.377 e. The average molecular weight is 324 g/mol. The van der Waals surface area contributed by atoms with Crippen molar-refractivity contribution in [2.75, 3.05) is 19.0 Å². The Morgan fingerprint density at radius 3 is 2.70 bits per heavy atom. The second-order valence-electron chi connectivity index (χ2n) is 5.58. The molecule has 3 rings (SSSR count). The number of hydrogen-bond donors (Lipinski definition) is 0. The summed E-state index contributed by atoms with van der Waals surface area (Å²) in [6.07, 6.45) is 5.62. The van der Waals surface area contributed by atoms with Gasteiger partial charge in [-0.3, -0.25) is 4.57 Å². The molecule has 2 heterocycles. The third-order valence-electron chi connectivity index (χ3n) is 3.58. The van der Waals surface area contributed by atoms with Crippen molar-refractivity contribution < 1.29 is 0 Å². The van der Waals surface area contributed by atoms with Gasteiger partial charge in [0.1, 0.15) is 5.82 Å². The first-order valence-corrected chi connectivity index (χ1v) is 8.48. The van der Waals surface area contributed by atoms with Crippen LogP contribution in [-0.2, 0) is 5.75 Å². The fourth-order valence-electron chi connectivity index (χ4n) is 2.43. The molecule has 0 aliphatic rings. The minimum Gasteiger partial charge on any atom is -0.377 e. The number of hydrogen-bond acceptors (Lipinski definition) is 4. The topological polar surface area (TPSA) is 34.0 Å². The number of anilines is 1. The number of benzene rings is 1. The second-order valence-corrected chi connectivity index (χ2v) is 6.53. The third-order valence-corrected chi connectivity index (χ3v) is 4.60. The summed E-state index contributed by atoms with van der Waals surface area (Å²) in [5.41, 5.74) is 3.73. The molecule has 3 aromatic rings. The number of thioether (sulfide) groups is 1. The maximum absolute atomic E-state index is 4.48. The van der Waals surface area contributed by atoms with E-state index >= 15 is 0 Å². The van der Waals surface area contributed by atoms with E-state index in [1.165, 1.54) is 16.8 Å². The molecule has 0 saturated carbocycles. The van der Waals surface area contributed by atoms with Crippen LogP contribution in [0, 0.1) is 6.92 Å². The summed E-state index contributed by atoms with van der Waals surface area (Å²) in [5.74, 6) is 1.78. The van der Waals surface area contributed by atoms with Crippen LogP contribution >= 0.6 is 11.8 Å². The standard InChI is InChI=1S/C18H20N4S/c1-14-8-9-19-17(12-14)22-11-10-20-18(22)23-13-15-6-4-5-7-16(15)21(2)3/h4-12H,13H2,1-3H3. The van der Waals surface area contributed by atoms with Crippen LogP contribution in [0.2, 0.25) is 0 Å². The Bertz CT molecular complexity index is 795. The lowest BCUT2D eigenvalue weighted by molar-refractivity contribution is 0.861. The van der Waals surface area contributed by atoms with Gasteiger partial charge >= 0.3 is 0 Å². The lowest BCUT2D eigenvalue weighted by atomic mass is 10.2. The van der Waals surface area contributed by atoms with Crippen LogP contribution in [0.3, 0.4) is 0 Å². The number of para-hydroxylation sites is 1. The molecule has 0 N–H and O–H groups in total. The highest BCUT2D eigenvalue weighted by Gasteiger charge is 2.09. The van der Waals surface area contributed by atoms with E-state index in [1.54, 1.807) is 11.8 Å². The van der Waals surface area contributed by atoms with Gasteiger partial charge in [0.15, 0.2) is 5.16 Å². The molecule has 118 valence electrons. The molecule has 2 aromatic heterocycles. The van der Waals surface area contributed by atoms with Crippen LogP contribution < -0.4 is 4.90 Å². The molecular weight excluding hydrogens is 304 g/mol. The highest BCUT2D eigenvalue weighted by molar-refractivity contribution is 7.98. The quantitative estimate of drug-likeness (QED) is 0.666. The molecule has 0 radical (unpaired) electrons. The fraction of sp³-hybridized carbons (Fsp3) is 0.222. The van der Waals surface area contributed by atoms with Crippen molar-refractivity contribution in [1.82, 2.24) is 14.5 Å². The van der Waals surface area contributed by atoms with E-state index in [1.807, 2.05) is 29.2 Å². The Labute approximate surface area is 141 Å². The first-order chi connectivity index (χ1) is 11.1. The highest BCUT2D eigenvalue weighted by Crippen LogP contribution is 2.28. The summed E-state index contributed by atoms with van der Waals surface area (Å²) in [6.45, 7) is 2.07. The predicted octanol–water partition coefficient (Wildman–Crippen LogP) is 3.93. The molecule has 4 nitrogen and oxygen atoms in total. The van der Waals surface area contributed by atoms with Gasteiger partial charge in [0.05, 0.1) is 0 Å². The third kappa shape index (κ3) is 3.56. The van der Waals surface area contributed by atoms with Gasteiger partial charge in [0.25, 0.3) is 0 Å². The molecule has 0 aliphatic carbocycles. The number of pyridine rings is 1. The highest BCUT2D eigenvalue weighted by atomic mass is 32.2. The van der Waals surface area contributed by atoms with Gasteiger partial charge in [-0.05, 0) is 36.2 Å². The summed E-state index contributed by atoms with van der Waals surface area (Å²) >= 11 is 1.72.